The van der Waals surface area contributed by atoms with Crippen molar-refractivity contribution >= 4 is 11.6 Å². The van der Waals surface area contributed by atoms with Crippen molar-refractivity contribution in [1.29, 1.82) is 0 Å². The van der Waals surface area contributed by atoms with Crippen LogP contribution in [0.4, 0.5) is 5.69 Å². The predicted octanol–water partition coefficient (Wildman–Crippen LogP) is 2.25. The Balaban J connectivity index is 1.94. The molecule has 0 bridgehead atoms. The van der Waals surface area contributed by atoms with Gasteiger partial charge in [-0.2, -0.15) is 0 Å². The fourth-order valence-corrected chi connectivity index (χ4v) is 2.95. The number of hydrogen-bond donors (Lipinski definition) is 2. The van der Waals surface area contributed by atoms with Gasteiger partial charge in [0.2, 0.25) is 5.91 Å². The van der Waals surface area contributed by atoms with E-state index in [1.54, 1.807) is 19.0 Å². The van der Waals surface area contributed by atoms with Crippen LogP contribution in [0.25, 0.3) is 0 Å². The molecule has 1 aromatic rings. The number of anilines is 1. The molecule has 1 aliphatic carbocycles. The maximum atomic E-state index is 11.7. The van der Waals surface area contributed by atoms with Crippen LogP contribution in [0, 0.1) is 5.92 Å². The molecule has 0 heterocycles. The zero-order valence-corrected chi connectivity index (χ0v) is 13.1. The van der Waals surface area contributed by atoms with E-state index in [4.69, 9.17) is 5.73 Å². The van der Waals surface area contributed by atoms with Gasteiger partial charge in [-0.15, -0.1) is 0 Å². The van der Waals surface area contributed by atoms with Crippen LogP contribution in [-0.2, 0) is 11.2 Å². The first-order valence-electron chi connectivity index (χ1n) is 7.86. The van der Waals surface area contributed by atoms with Crippen molar-refractivity contribution in [3.63, 3.8) is 0 Å². The highest BCUT2D eigenvalue weighted by Crippen LogP contribution is 2.26. The van der Waals surface area contributed by atoms with Crippen LogP contribution in [0.3, 0.4) is 0 Å². The molecule has 21 heavy (non-hydrogen) atoms. The largest absolute Gasteiger partial charge is 0.382 e. The standard InChI is InChI=1S/C17H27N3O/c1-20(2)17(21)11-13-7-9-15(10-8-13)19-16-6-4-3-5-14(16)12-18/h7-10,14,16,19H,3-6,11-12,18H2,1-2H3. The first kappa shape index (κ1) is 15.8. The number of benzene rings is 1. The summed E-state index contributed by atoms with van der Waals surface area (Å²) in [7, 11) is 3.57. The highest BCUT2D eigenvalue weighted by atomic mass is 16.2. The summed E-state index contributed by atoms with van der Waals surface area (Å²) >= 11 is 0. The van der Waals surface area contributed by atoms with Crippen LogP contribution in [0.5, 0.6) is 0 Å². The van der Waals surface area contributed by atoms with Crippen LogP contribution in [0.15, 0.2) is 24.3 Å². The molecule has 1 aliphatic rings. The molecule has 0 saturated heterocycles. The Morgan fingerprint density at radius 3 is 2.52 bits per heavy atom. The highest BCUT2D eigenvalue weighted by molar-refractivity contribution is 5.78. The first-order valence-corrected chi connectivity index (χ1v) is 7.86. The number of carbonyl (C=O) groups is 1. The van der Waals surface area contributed by atoms with Gasteiger partial charge < -0.3 is 16.0 Å². The zero-order valence-electron chi connectivity index (χ0n) is 13.1. The number of nitrogens with zero attached hydrogens (tertiary/aromatic N) is 1. The molecule has 1 amide bonds. The van der Waals surface area contributed by atoms with E-state index in [1.165, 1.54) is 25.7 Å². The lowest BCUT2D eigenvalue weighted by Crippen LogP contribution is -2.36. The van der Waals surface area contributed by atoms with Gasteiger partial charge >= 0.3 is 0 Å². The first-order chi connectivity index (χ1) is 10.1. The van der Waals surface area contributed by atoms with E-state index in [0.29, 0.717) is 18.4 Å². The van der Waals surface area contributed by atoms with Crippen molar-refractivity contribution in [2.45, 2.75) is 38.1 Å². The Hall–Kier alpha value is -1.55. The quantitative estimate of drug-likeness (QED) is 0.874. The van der Waals surface area contributed by atoms with E-state index in [1.807, 2.05) is 12.1 Å². The number of nitrogens with two attached hydrogens (primary N) is 1. The second kappa shape index (κ2) is 7.46. The SMILES string of the molecule is CN(C)C(=O)Cc1ccc(NC2CCCCC2CN)cc1. The average molecular weight is 289 g/mol. The van der Waals surface area contributed by atoms with Crippen molar-refractivity contribution in [1.82, 2.24) is 4.90 Å². The van der Waals surface area contributed by atoms with Crippen molar-refractivity contribution in [3.8, 4) is 0 Å². The van der Waals surface area contributed by atoms with E-state index < -0.39 is 0 Å². The maximum Gasteiger partial charge on any atom is 0.226 e. The molecule has 0 aromatic heterocycles. The molecule has 3 N–H and O–H groups in total. The number of hydrogen-bond acceptors (Lipinski definition) is 3. The Bertz CT molecular complexity index is 456. The number of carbonyl (C=O) groups excluding carboxylic acids is 1. The summed E-state index contributed by atoms with van der Waals surface area (Å²) in [5, 5.41) is 3.61. The van der Waals surface area contributed by atoms with Crippen molar-refractivity contribution < 1.29 is 4.79 Å². The average Bonchev–Trinajstić information content (AvgIpc) is 2.49. The molecule has 1 fully saturated rings. The fourth-order valence-electron chi connectivity index (χ4n) is 2.95. The van der Waals surface area contributed by atoms with Gasteiger partial charge in [0.15, 0.2) is 0 Å². The molecular weight excluding hydrogens is 262 g/mol. The number of nitrogens with one attached hydrogen (secondary N) is 1. The molecule has 0 radical (unpaired) electrons. The normalized spacial score (nSPS) is 21.9. The minimum atomic E-state index is 0.131. The van der Waals surface area contributed by atoms with Gasteiger partial charge in [0.05, 0.1) is 6.42 Å². The molecule has 0 spiro atoms. The van der Waals surface area contributed by atoms with E-state index >= 15 is 0 Å². The molecule has 2 rings (SSSR count). The van der Waals surface area contributed by atoms with Crippen LogP contribution in [-0.4, -0.2) is 37.5 Å². The van der Waals surface area contributed by atoms with E-state index in [0.717, 1.165) is 17.8 Å². The third-order valence-corrected chi connectivity index (χ3v) is 4.37. The van der Waals surface area contributed by atoms with Gasteiger partial charge in [0, 0.05) is 25.8 Å². The summed E-state index contributed by atoms with van der Waals surface area (Å²) in [5.41, 5.74) is 8.05. The van der Waals surface area contributed by atoms with Crippen molar-refractivity contribution in [3.05, 3.63) is 29.8 Å². The molecule has 4 nitrogen and oxygen atoms in total. The Kier molecular flexibility index (Phi) is 5.62. The Morgan fingerprint density at radius 1 is 1.24 bits per heavy atom. The molecular formula is C17H27N3O. The monoisotopic (exact) mass is 289 g/mol. The molecule has 4 heteroatoms. The van der Waals surface area contributed by atoms with Crippen LogP contribution in [0.2, 0.25) is 0 Å². The highest BCUT2D eigenvalue weighted by Gasteiger charge is 2.23. The molecule has 2 atom stereocenters. The zero-order chi connectivity index (χ0) is 15.2. The lowest BCUT2D eigenvalue weighted by molar-refractivity contribution is -0.127. The predicted molar refractivity (Wildman–Crippen MR) is 87.3 cm³/mol. The van der Waals surface area contributed by atoms with Gasteiger partial charge in [-0.1, -0.05) is 25.0 Å². The minimum absolute atomic E-state index is 0.131. The molecule has 1 aromatic carbocycles. The van der Waals surface area contributed by atoms with Gasteiger partial charge in [-0.05, 0) is 43.0 Å². The number of amides is 1. The lowest BCUT2D eigenvalue weighted by atomic mass is 9.84. The topological polar surface area (TPSA) is 58.4 Å². The minimum Gasteiger partial charge on any atom is -0.382 e. The summed E-state index contributed by atoms with van der Waals surface area (Å²) in [4.78, 5) is 13.3. The molecule has 0 aliphatic heterocycles. The molecule has 116 valence electrons. The molecule has 2 unspecified atom stereocenters. The summed E-state index contributed by atoms with van der Waals surface area (Å²) < 4.78 is 0. The van der Waals surface area contributed by atoms with Gasteiger partial charge in [0.25, 0.3) is 0 Å². The maximum absolute atomic E-state index is 11.7. The third-order valence-electron chi connectivity index (χ3n) is 4.37. The molecule has 1 saturated carbocycles. The second-order valence-electron chi connectivity index (χ2n) is 6.19. The Labute approximate surface area is 127 Å². The van der Waals surface area contributed by atoms with E-state index in [-0.39, 0.29) is 5.91 Å². The van der Waals surface area contributed by atoms with Crippen LogP contribution in [0.1, 0.15) is 31.2 Å². The summed E-state index contributed by atoms with van der Waals surface area (Å²) in [6.07, 6.45) is 5.46. The van der Waals surface area contributed by atoms with Gasteiger partial charge in [0.1, 0.15) is 0 Å². The van der Waals surface area contributed by atoms with Crippen LogP contribution < -0.4 is 11.1 Å². The number of rotatable bonds is 5. The van der Waals surface area contributed by atoms with E-state index in [2.05, 4.69) is 17.4 Å². The smallest absolute Gasteiger partial charge is 0.226 e. The van der Waals surface area contributed by atoms with Crippen molar-refractivity contribution in [2.75, 3.05) is 26.0 Å². The van der Waals surface area contributed by atoms with E-state index in [9.17, 15) is 4.79 Å². The lowest BCUT2D eigenvalue weighted by Gasteiger charge is -2.32. The van der Waals surface area contributed by atoms with Crippen molar-refractivity contribution in [2.24, 2.45) is 11.7 Å². The summed E-state index contributed by atoms with van der Waals surface area (Å²) in [5.74, 6) is 0.708. The van der Waals surface area contributed by atoms with Gasteiger partial charge in [-0.25, -0.2) is 0 Å². The van der Waals surface area contributed by atoms with Crippen LogP contribution >= 0.6 is 0 Å². The summed E-state index contributed by atoms with van der Waals surface area (Å²) in [6, 6.07) is 8.69. The fraction of sp³-hybridized carbons (Fsp3) is 0.588. The third kappa shape index (κ3) is 4.46. The second-order valence-corrected chi connectivity index (χ2v) is 6.19. The summed E-state index contributed by atoms with van der Waals surface area (Å²) in [6.45, 7) is 0.757. The number of likely N-dealkylation sites (N-methyl/N-ethyl adjacent to an activating group) is 1. The Morgan fingerprint density at radius 2 is 1.90 bits per heavy atom. The van der Waals surface area contributed by atoms with Gasteiger partial charge in [-0.3, -0.25) is 4.79 Å².